The fourth-order valence-electron chi connectivity index (χ4n) is 4.38. The molecule has 146 valence electrons. The molecule has 8 heteroatoms. The van der Waals surface area contributed by atoms with Crippen molar-refractivity contribution >= 4 is 29.2 Å². The van der Waals surface area contributed by atoms with Gasteiger partial charge in [-0.25, -0.2) is 4.39 Å². The number of fused-ring (bicyclic) bond motifs is 1. The minimum atomic E-state index is -0.461. The van der Waals surface area contributed by atoms with Gasteiger partial charge in [0.25, 0.3) is 0 Å². The van der Waals surface area contributed by atoms with Gasteiger partial charge < -0.3 is 4.90 Å². The average molecular weight is 402 g/mol. The number of carbonyl (C=O) groups excluding carboxylic acids is 1. The molecule has 2 N–H and O–H groups in total. The topological polar surface area (TPSA) is 73.9 Å². The molecule has 2 aliphatic heterocycles. The van der Waals surface area contributed by atoms with Crippen LogP contribution >= 0.6 is 12.4 Å². The summed E-state index contributed by atoms with van der Waals surface area (Å²) in [5.41, 5.74) is 2.46. The Morgan fingerprint density at radius 3 is 2.93 bits per heavy atom. The number of carbonyl (C=O) groups is 1. The Labute approximate surface area is 167 Å². The van der Waals surface area contributed by atoms with Crippen molar-refractivity contribution in [1.29, 1.82) is 0 Å². The minimum Gasteiger partial charge on any atom is -0.344 e. The van der Waals surface area contributed by atoms with Crippen LogP contribution in [-0.4, -0.2) is 45.1 Å². The first kappa shape index (κ1) is 18.8. The summed E-state index contributed by atoms with van der Waals surface area (Å²) in [4.78, 5) is 18.8. The molecule has 0 bridgehead atoms. The van der Waals surface area contributed by atoms with Crippen molar-refractivity contribution in [3.05, 3.63) is 48.2 Å². The van der Waals surface area contributed by atoms with Gasteiger partial charge in [0.15, 0.2) is 0 Å². The Bertz CT molecular complexity index is 1050. The van der Waals surface area contributed by atoms with Crippen LogP contribution in [0.3, 0.4) is 0 Å². The first-order valence-electron chi connectivity index (χ1n) is 9.18. The van der Waals surface area contributed by atoms with Crippen molar-refractivity contribution in [1.82, 2.24) is 25.4 Å². The van der Waals surface area contributed by atoms with Crippen LogP contribution in [0.5, 0.6) is 0 Å². The molecule has 6 nitrogen and oxygen atoms in total. The lowest BCUT2D eigenvalue weighted by Gasteiger charge is -2.23. The van der Waals surface area contributed by atoms with Crippen LogP contribution in [0.4, 0.5) is 4.39 Å². The number of hydrogen-bond donors (Lipinski definition) is 2. The number of rotatable bonds is 2. The summed E-state index contributed by atoms with van der Waals surface area (Å²) in [6, 6.07) is 6.99. The number of hydrogen-bond acceptors (Lipinski definition) is 4. The zero-order chi connectivity index (χ0) is 18.6. The molecule has 5 rings (SSSR count). The fraction of sp³-hybridized carbons (Fsp3) is 0.350. The van der Waals surface area contributed by atoms with Gasteiger partial charge in [-0.05, 0) is 49.1 Å². The van der Waals surface area contributed by atoms with Gasteiger partial charge in [0.1, 0.15) is 11.4 Å². The highest BCUT2D eigenvalue weighted by Crippen LogP contribution is 2.39. The van der Waals surface area contributed by atoms with Gasteiger partial charge in [-0.3, -0.25) is 20.2 Å². The van der Waals surface area contributed by atoms with E-state index in [1.54, 1.807) is 23.4 Å². The number of likely N-dealkylation sites (N-methyl/N-ethyl adjacent to an activating group) is 1. The van der Waals surface area contributed by atoms with Crippen LogP contribution < -0.4 is 5.32 Å². The number of likely N-dealkylation sites (tertiary alicyclic amines) is 1. The van der Waals surface area contributed by atoms with Gasteiger partial charge in [-0.1, -0.05) is 0 Å². The Hall–Kier alpha value is -2.51. The highest BCUT2D eigenvalue weighted by atomic mass is 35.5. The number of amides is 1. The predicted molar refractivity (Wildman–Crippen MR) is 107 cm³/mol. The lowest BCUT2D eigenvalue weighted by atomic mass is 9.96. The highest BCUT2D eigenvalue weighted by molar-refractivity contribution is 5.89. The third kappa shape index (κ3) is 2.86. The van der Waals surface area contributed by atoms with Crippen LogP contribution in [0.25, 0.3) is 22.0 Å². The van der Waals surface area contributed by atoms with Crippen LogP contribution in [-0.2, 0) is 4.79 Å². The number of pyridine rings is 1. The van der Waals surface area contributed by atoms with Crippen molar-refractivity contribution in [3.8, 4) is 11.1 Å². The van der Waals surface area contributed by atoms with Crippen molar-refractivity contribution < 1.29 is 9.18 Å². The molecule has 0 saturated carbocycles. The van der Waals surface area contributed by atoms with Crippen LogP contribution in [0, 0.1) is 5.82 Å². The summed E-state index contributed by atoms with van der Waals surface area (Å²) < 4.78 is 14.6. The van der Waals surface area contributed by atoms with E-state index in [0.717, 1.165) is 48.0 Å². The Balaban J connectivity index is 0.00000192. The second kappa shape index (κ2) is 6.83. The molecule has 0 aliphatic carbocycles. The summed E-state index contributed by atoms with van der Waals surface area (Å²) in [5, 5.41) is 11.1. The van der Waals surface area contributed by atoms with E-state index in [1.165, 1.54) is 6.07 Å². The molecule has 3 aromatic rings. The van der Waals surface area contributed by atoms with Crippen molar-refractivity contribution in [3.63, 3.8) is 0 Å². The van der Waals surface area contributed by atoms with Gasteiger partial charge in [-0.15, -0.1) is 12.4 Å². The number of nitrogens with zero attached hydrogens (tertiary/aromatic N) is 3. The first-order chi connectivity index (χ1) is 13.1. The van der Waals surface area contributed by atoms with E-state index in [-0.39, 0.29) is 30.2 Å². The smallest absolute Gasteiger partial charge is 0.242 e. The molecule has 2 saturated heterocycles. The molecule has 2 aliphatic rings. The summed E-state index contributed by atoms with van der Waals surface area (Å²) in [6.07, 6.45) is 5.79. The molecule has 0 unspecified atom stereocenters. The lowest BCUT2D eigenvalue weighted by molar-refractivity contribution is -0.131. The summed E-state index contributed by atoms with van der Waals surface area (Å²) in [7, 11) is 1.85. The second-order valence-electron chi connectivity index (χ2n) is 7.55. The Morgan fingerprint density at radius 2 is 2.14 bits per heavy atom. The lowest BCUT2D eigenvalue weighted by Crippen LogP contribution is -2.47. The maximum absolute atomic E-state index is 14.6. The van der Waals surface area contributed by atoms with E-state index < -0.39 is 5.54 Å². The van der Waals surface area contributed by atoms with Crippen molar-refractivity contribution in [2.75, 3.05) is 13.6 Å². The number of benzene rings is 1. The number of H-pyrrole nitrogens is 1. The number of halogens is 2. The predicted octanol–water partition coefficient (Wildman–Crippen LogP) is 3.21. The first-order valence-corrected chi connectivity index (χ1v) is 9.18. The van der Waals surface area contributed by atoms with E-state index in [1.807, 2.05) is 19.2 Å². The van der Waals surface area contributed by atoms with Gasteiger partial charge in [0.05, 0.1) is 23.4 Å². The summed E-state index contributed by atoms with van der Waals surface area (Å²) >= 11 is 0. The molecule has 2 fully saturated rings. The van der Waals surface area contributed by atoms with Crippen LogP contribution in [0.15, 0.2) is 36.7 Å². The number of aromatic nitrogens is 3. The number of nitrogens with one attached hydrogen (secondary N) is 2. The molecule has 2 aromatic heterocycles. The average Bonchev–Trinajstić information content (AvgIpc) is 3.38. The molecule has 1 spiro atoms. The standard InChI is InChI=1S/C20H20FN5O.ClH/c1-26-7-5-20(19(26)27)4-2-16(24-20)18-9-12(3-6-22-18)14-10-17-13(8-15(14)21)11-23-25-17;/h3,6,8-11,16,24H,2,4-5,7H2,1H3,(H,23,25);1H/t16-,20+;/m1./s1. The molecule has 4 heterocycles. The van der Waals surface area contributed by atoms with Gasteiger partial charge in [0.2, 0.25) is 5.91 Å². The van der Waals surface area contributed by atoms with E-state index >= 15 is 0 Å². The molecular weight excluding hydrogens is 381 g/mol. The highest BCUT2D eigenvalue weighted by Gasteiger charge is 2.50. The normalized spacial score (nSPS) is 24.3. The Kier molecular flexibility index (Phi) is 4.59. The quantitative estimate of drug-likeness (QED) is 0.691. The maximum Gasteiger partial charge on any atom is 0.242 e. The Morgan fingerprint density at radius 1 is 1.29 bits per heavy atom. The molecule has 28 heavy (non-hydrogen) atoms. The van der Waals surface area contributed by atoms with Crippen LogP contribution in [0.1, 0.15) is 31.0 Å². The second-order valence-corrected chi connectivity index (χ2v) is 7.55. The molecule has 2 atom stereocenters. The maximum atomic E-state index is 14.6. The summed E-state index contributed by atoms with van der Waals surface area (Å²) in [5.74, 6) is -0.124. The molecular formula is C20H21ClFN5O. The van der Waals surface area contributed by atoms with Crippen LogP contribution in [0.2, 0.25) is 0 Å². The molecule has 0 radical (unpaired) electrons. The van der Waals surface area contributed by atoms with Crippen molar-refractivity contribution in [2.45, 2.75) is 30.8 Å². The zero-order valence-corrected chi connectivity index (χ0v) is 16.2. The van der Waals surface area contributed by atoms with Crippen molar-refractivity contribution in [2.24, 2.45) is 0 Å². The van der Waals surface area contributed by atoms with Gasteiger partial charge in [0, 0.05) is 30.7 Å². The van der Waals surface area contributed by atoms with E-state index in [9.17, 15) is 9.18 Å². The summed E-state index contributed by atoms with van der Waals surface area (Å²) in [6.45, 7) is 0.779. The zero-order valence-electron chi connectivity index (χ0n) is 15.4. The SMILES string of the molecule is CN1CC[C@@]2(CC[C@H](c3cc(-c4cc5[nH]ncc5cc4F)ccn3)N2)C1=O.Cl. The number of aromatic amines is 1. The largest absolute Gasteiger partial charge is 0.344 e. The van der Waals surface area contributed by atoms with E-state index in [0.29, 0.717) is 5.56 Å². The third-order valence-electron chi connectivity index (χ3n) is 5.92. The molecule has 1 aromatic carbocycles. The fourth-order valence-corrected chi connectivity index (χ4v) is 4.38. The van der Waals surface area contributed by atoms with Gasteiger partial charge in [-0.2, -0.15) is 5.10 Å². The van der Waals surface area contributed by atoms with Gasteiger partial charge >= 0.3 is 0 Å². The molecule has 1 amide bonds. The monoisotopic (exact) mass is 401 g/mol. The third-order valence-corrected chi connectivity index (χ3v) is 5.92. The van der Waals surface area contributed by atoms with E-state index in [2.05, 4.69) is 20.5 Å². The minimum absolute atomic E-state index is 0. The van der Waals surface area contributed by atoms with E-state index in [4.69, 9.17) is 0 Å².